The first-order chi connectivity index (χ1) is 17.4. The second-order valence-electron chi connectivity index (χ2n) is 8.46. The van der Waals surface area contributed by atoms with Crippen molar-refractivity contribution in [3.05, 3.63) is 61.7 Å². The Bertz CT molecular complexity index is 1330. The highest BCUT2D eigenvalue weighted by molar-refractivity contribution is 7.83. The molecule has 0 saturated heterocycles. The van der Waals surface area contributed by atoms with E-state index in [4.69, 9.17) is 0 Å². The van der Waals surface area contributed by atoms with Crippen LogP contribution in [0.15, 0.2) is 39.5 Å². The average Bonchev–Trinajstić information content (AvgIpc) is 2.84. The molecular weight excluding hydrogens is 505 g/mol. The minimum Gasteiger partial charge on any atom is -0.846 e. The number of benzene rings is 1. The Morgan fingerprint density at radius 3 is 2.51 bits per heavy atom. The number of aromatic nitrogens is 2. The number of carbonyl (C=O) groups excluding carboxylic acids is 1. The van der Waals surface area contributed by atoms with Gasteiger partial charge < -0.3 is 14.6 Å². The van der Waals surface area contributed by atoms with E-state index in [1.807, 2.05) is 11.8 Å². The zero-order chi connectivity index (χ0) is 27.8. The summed E-state index contributed by atoms with van der Waals surface area (Å²) in [4.78, 5) is 35.4. The molecule has 0 N–H and O–H groups in total. The highest BCUT2D eigenvalue weighted by atomic mass is 32.1. The molecule has 0 fully saturated rings. The Kier molecular flexibility index (Phi) is 10.7. The maximum atomic E-state index is 12.8. The normalized spacial score (nSPS) is 13.2. The van der Waals surface area contributed by atoms with Crippen molar-refractivity contribution in [1.82, 2.24) is 14.5 Å². The molecule has 0 aliphatic rings. The van der Waals surface area contributed by atoms with Gasteiger partial charge in [-0.2, -0.15) is 13.2 Å². The second-order valence-corrected chi connectivity index (χ2v) is 8.72. The SMILES string of the molecule is C=c1nc([O-])n(C)c(=O)/c1=C(\CC(=O)CCCC=N/C(=C\S)c1ccc(C(F)(F)F)cc1)N(C)CCC. The van der Waals surface area contributed by atoms with Gasteiger partial charge in [-0.15, -0.1) is 12.6 Å². The summed E-state index contributed by atoms with van der Waals surface area (Å²) in [6.45, 7) is 6.30. The number of thiol groups is 1. The van der Waals surface area contributed by atoms with Crippen LogP contribution in [-0.4, -0.2) is 40.0 Å². The third-order valence-electron chi connectivity index (χ3n) is 5.65. The number of carbonyl (C=O) groups is 1. The van der Waals surface area contributed by atoms with E-state index < -0.39 is 23.3 Å². The van der Waals surface area contributed by atoms with Crippen LogP contribution in [0.1, 0.15) is 50.2 Å². The number of ketones is 1. The Morgan fingerprint density at radius 1 is 1.30 bits per heavy atom. The van der Waals surface area contributed by atoms with Gasteiger partial charge in [-0.3, -0.25) is 14.6 Å². The van der Waals surface area contributed by atoms with Crippen molar-refractivity contribution < 1.29 is 23.1 Å². The fourth-order valence-corrected chi connectivity index (χ4v) is 3.86. The topological polar surface area (TPSA) is 90.6 Å². The van der Waals surface area contributed by atoms with Gasteiger partial charge in [-0.25, -0.2) is 4.98 Å². The number of rotatable bonds is 11. The maximum Gasteiger partial charge on any atom is 0.416 e. The fourth-order valence-electron chi connectivity index (χ4n) is 3.64. The van der Waals surface area contributed by atoms with Crippen molar-refractivity contribution in [2.75, 3.05) is 13.6 Å². The van der Waals surface area contributed by atoms with Gasteiger partial charge in [0.1, 0.15) is 5.78 Å². The molecule has 0 aliphatic carbocycles. The van der Waals surface area contributed by atoms with Crippen LogP contribution >= 0.6 is 12.6 Å². The smallest absolute Gasteiger partial charge is 0.416 e. The number of halogens is 3. The summed E-state index contributed by atoms with van der Waals surface area (Å²) in [7, 11) is 3.10. The molecule has 11 heteroatoms. The lowest BCUT2D eigenvalue weighted by atomic mass is 10.1. The Balaban J connectivity index is 2.09. The van der Waals surface area contributed by atoms with Crippen molar-refractivity contribution in [2.45, 2.75) is 45.2 Å². The van der Waals surface area contributed by atoms with Crippen molar-refractivity contribution in [2.24, 2.45) is 12.0 Å². The monoisotopic (exact) mass is 535 g/mol. The molecule has 7 nitrogen and oxygen atoms in total. The van der Waals surface area contributed by atoms with Gasteiger partial charge in [0.15, 0.2) is 0 Å². The summed E-state index contributed by atoms with van der Waals surface area (Å²) in [5, 5.41) is 13.4. The van der Waals surface area contributed by atoms with E-state index in [0.717, 1.165) is 23.1 Å². The first kappa shape index (κ1) is 29.9. The number of alkyl halides is 3. The molecule has 2 rings (SSSR count). The average molecular weight is 536 g/mol. The van der Waals surface area contributed by atoms with Gasteiger partial charge in [0.05, 0.1) is 27.8 Å². The van der Waals surface area contributed by atoms with Gasteiger partial charge in [0.2, 0.25) is 0 Å². The van der Waals surface area contributed by atoms with E-state index in [-0.39, 0.29) is 29.2 Å². The van der Waals surface area contributed by atoms with Crippen LogP contribution in [0.25, 0.3) is 18.0 Å². The number of nitrogens with zero attached hydrogens (tertiary/aromatic N) is 4. The molecule has 0 bridgehead atoms. The summed E-state index contributed by atoms with van der Waals surface area (Å²) in [5.41, 5.74) is 0.0603. The van der Waals surface area contributed by atoms with E-state index >= 15 is 0 Å². The van der Waals surface area contributed by atoms with Crippen LogP contribution in [0.2, 0.25) is 0 Å². The zero-order valence-electron chi connectivity index (χ0n) is 21.0. The van der Waals surface area contributed by atoms with Crippen LogP contribution in [0.5, 0.6) is 6.01 Å². The minimum atomic E-state index is -4.42. The number of aliphatic imine (C=N–C) groups is 1. The van der Waals surface area contributed by atoms with Crippen molar-refractivity contribution in [3.63, 3.8) is 0 Å². The third kappa shape index (κ3) is 8.08. The second kappa shape index (κ2) is 13.3. The molecule has 1 heterocycles. The predicted octanol–water partition coefficient (Wildman–Crippen LogP) is 2.86. The Morgan fingerprint density at radius 2 is 1.95 bits per heavy atom. The van der Waals surface area contributed by atoms with Gasteiger partial charge in [0.25, 0.3) is 5.56 Å². The molecule has 200 valence electrons. The molecule has 2 aromatic rings. The fraction of sp³-hybridized carbons (Fsp3) is 0.385. The molecule has 0 unspecified atom stereocenters. The van der Waals surface area contributed by atoms with Crippen LogP contribution in [0, 0.1) is 0 Å². The number of hydrogen-bond acceptors (Lipinski definition) is 7. The summed E-state index contributed by atoms with van der Waals surface area (Å²) in [6, 6.07) is 3.91. The van der Waals surface area contributed by atoms with Gasteiger partial charge >= 0.3 is 6.18 Å². The van der Waals surface area contributed by atoms with E-state index in [2.05, 4.69) is 29.2 Å². The van der Waals surface area contributed by atoms with Crippen LogP contribution in [0.4, 0.5) is 13.2 Å². The highest BCUT2D eigenvalue weighted by Gasteiger charge is 2.30. The number of unbranched alkanes of at least 4 members (excludes halogenated alkanes) is 1. The quantitative estimate of drug-likeness (QED) is 0.272. The molecule has 0 radical (unpaired) electrons. The number of Topliss-reactive ketones (excluding diaryl/α,β-unsaturated/α-hetero) is 1. The molecule has 0 atom stereocenters. The summed E-state index contributed by atoms with van der Waals surface area (Å²) < 4.78 is 39.2. The minimum absolute atomic E-state index is 0.0152. The van der Waals surface area contributed by atoms with Crippen LogP contribution in [-0.2, 0) is 18.0 Å². The molecule has 1 aromatic carbocycles. The van der Waals surface area contributed by atoms with Gasteiger partial charge in [-0.1, -0.05) is 25.6 Å². The lowest BCUT2D eigenvalue weighted by Gasteiger charge is -2.22. The summed E-state index contributed by atoms with van der Waals surface area (Å²) in [6.07, 6.45) is -0.917. The molecule has 1 aromatic heterocycles. The first-order valence-corrected chi connectivity index (χ1v) is 12.2. The molecule has 37 heavy (non-hydrogen) atoms. The van der Waals surface area contributed by atoms with Gasteiger partial charge in [-0.05, 0) is 36.8 Å². The maximum absolute atomic E-state index is 12.8. The largest absolute Gasteiger partial charge is 0.846 e. The Labute approximate surface area is 218 Å². The van der Waals surface area contributed by atoms with Crippen molar-refractivity contribution >= 4 is 42.6 Å². The predicted molar refractivity (Wildman–Crippen MR) is 140 cm³/mol. The lowest BCUT2D eigenvalue weighted by molar-refractivity contribution is -0.286. The van der Waals surface area contributed by atoms with Gasteiger partial charge in [0, 0.05) is 51.0 Å². The molecular formula is C26H30F3N4O3S-. The van der Waals surface area contributed by atoms with Crippen molar-refractivity contribution in [3.8, 4) is 6.01 Å². The van der Waals surface area contributed by atoms with E-state index in [1.54, 1.807) is 13.3 Å². The van der Waals surface area contributed by atoms with Crippen molar-refractivity contribution in [1.29, 1.82) is 0 Å². The summed E-state index contributed by atoms with van der Waals surface area (Å²) in [5.74, 6) is -0.105. The van der Waals surface area contributed by atoms with E-state index in [9.17, 15) is 27.9 Å². The Hall–Kier alpha value is -3.34. The van der Waals surface area contributed by atoms with E-state index in [0.29, 0.717) is 36.3 Å². The third-order valence-corrected chi connectivity index (χ3v) is 5.89. The molecule has 0 aliphatic heterocycles. The zero-order valence-corrected chi connectivity index (χ0v) is 21.9. The molecule has 0 saturated carbocycles. The van der Waals surface area contributed by atoms with E-state index in [1.165, 1.54) is 24.6 Å². The molecule has 0 amide bonds. The first-order valence-electron chi connectivity index (χ1n) is 11.6. The standard InChI is InChI=1S/C26H31F3N4O3S/c1-5-14-32(3)22(23-17(2)31-25(36)33(4)24(23)35)15-20(34)8-6-7-13-30-21(16-37)18-9-11-19(12-10-18)26(27,28)29/h9-13,16,37H,2,5-8,14-15H2,1,3-4H3,(H,31,36)/p-1/b21-16-,23-22+,30-13?. The van der Waals surface area contributed by atoms with Crippen LogP contribution in [0.3, 0.4) is 0 Å². The summed E-state index contributed by atoms with van der Waals surface area (Å²) >= 11 is 4.09. The van der Waals surface area contributed by atoms with Crippen LogP contribution < -0.4 is 21.2 Å². The number of hydrogen-bond donors (Lipinski definition) is 1. The lowest BCUT2D eigenvalue weighted by Crippen LogP contribution is -2.50. The highest BCUT2D eigenvalue weighted by Crippen LogP contribution is 2.30. The molecule has 0 spiro atoms.